The lowest BCUT2D eigenvalue weighted by Crippen LogP contribution is -2.25. The summed E-state index contributed by atoms with van der Waals surface area (Å²) in [7, 11) is 3.06. The minimum Gasteiger partial charge on any atom is -0.493 e. The zero-order chi connectivity index (χ0) is 19.6. The van der Waals surface area contributed by atoms with Gasteiger partial charge in [-0.2, -0.15) is 0 Å². The monoisotopic (exact) mass is 390 g/mol. The molecule has 0 radical (unpaired) electrons. The average Bonchev–Trinajstić information content (AvgIpc) is 3.00. The van der Waals surface area contributed by atoms with Gasteiger partial charge in [-0.1, -0.05) is 17.7 Å². The van der Waals surface area contributed by atoms with E-state index < -0.39 is 5.82 Å². The van der Waals surface area contributed by atoms with Gasteiger partial charge < -0.3 is 19.8 Å². The number of fused-ring (bicyclic) bond motifs is 1. The number of ether oxygens (including phenoxy) is 2. The van der Waals surface area contributed by atoms with Gasteiger partial charge in [-0.25, -0.2) is 4.39 Å². The van der Waals surface area contributed by atoms with E-state index in [0.29, 0.717) is 35.5 Å². The summed E-state index contributed by atoms with van der Waals surface area (Å²) in [5, 5.41) is 3.73. The van der Waals surface area contributed by atoms with Crippen LogP contribution in [0.15, 0.2) is 30.3 Å². The van der Waals surface area contributed by atoms with Gasteiger partial charge in [0.25, 0.3) is 5.91 Å². The number of amides is 1. The fourth-order valence-electron chi connectivity index (χ4n) is 3.09. The van der Waals surface area contributed by atoms with E-state index in [0.717, 1.165) is 16.6 Å². The third kappa shape index (κ3) is 3.71. The number of hydrogen-bond donors (Lipinski definition) is 2. The largest absolute Gasteiger partial charge is 0.493 e. The fraction of sp³-hybridized carbons (Fsp3) is 0.250. The van der Waals surface area contributed by atoms with E-state index in [1.165, 1.54) is 20.3 Å². The molecule has 0 saturated heterocycles. The standard InChI is InChI=1S/C20H20ClFN2O3/c1-11-13(14-5-6-15(21)18(22)19(14)24-11)8-9-23-20(25)12-4-7-16(26-2)17(10-12)27-3/h4-7,10,24H,8-9H2,1-3H3,(H,23,25). The summed E-state index contributed by atoms with van der Waals surface area (Å²) in [5.74, 6) is 0.370. The molecule has 3 aromatic rings. The lowest BCUT2D eigenvalue weighted by molar-refractivity contribution is 0.0953. The van der Waals surface area contributed by atoms with Crippen molar-refractivity contribution in [1.82, 2.24) is 10.3 Å². The number of carbonyl (C=O) groups is 1. The summed E-state index contributed by atoms with van der Waals surface area (Å²) < 4.78 is 24.5. The maximum absolute atomic E-state index is 14.1. The molecule has 0 unspecified atom stereocenters. The van der Waals surface area contributed by atoms with Gasteiger partial charge in [0.2, 0.25) is 0 Å². The first-order chi connectivity index (χ1) is 13.0. The molecule has 3 rings (SSSR count). The van der Waals surface area contributed by atoms with Gasteiger partial charge in [-0.05, 0) is 43.2 Å². The molecule has 0 saturated carbocycles. The lowest BCUT2D eigenvalue weighted by atomic mass is 10.1. The Morgan fingerprint density at radius 3 is 2.63 bits per heavy atom. The number of H-pyrrole nitrogens is 1. The molecule has 27 heavy (non-hydrogen) atoms. The molecule has 142 valence electrons. The van der Waals surface area contributed by atoms with Crippen LogP contribution in [0.25, 0.3) is 10.9 Å². The van der Waals surface area contributed by atoms with E-state index in [1.807, 2.05) is 6.92 Å². The number of nitrogens with one attached hydrogen (secondary N) is 2. The number of rotatable bonds is 6. The Morgan fingerprint density at radius 1 is 1.19 bits per heavy atom. The Kier molecular flexibility index (Phi) is 5.56. The summed E-state index contributed by atoms with van der Waals surface area (Å²) in [4.78, 5) is 15.4. The fourth-order valence-corrected chi connectivity index (χ4v) is 3.25. The third-order valence-electron chi connectivity index (χ3n) is 4.49. The highest BCUT2D eigenvalue weighted by Gasteiger charge is 2.15. The van der Waals surface area contributed by atoms with Crippen LogP contribution >= 0.6 is 11.6 Å². The van der Waals surface area contributed by atoms with Gasteiger partial charge in [-0.3, -0.25) is 4.79 Å². The van der Waals surface area contributed by atoms with Crippen LogP contribution in [0.3, 0.4) is 0 Å². The van der Waals surface area contributed by atoms with Crippen LogP contribution in [0.1, 0.15) is 21.6 Å². The molecule has 0 fully saturated rings. The van der Waals surface area contributed by atoms with E-state index in [9.17, 15) is 9.18 Å². The summed E-state index contributed by atoms with van der Waals surface area (Å²) >= 11 is 5.84. The highest BCUT2D eigenvalue weighted by atomic mass is 35.5. The zero-order valence-corrected chi connectivity index (χ0v) is 16.0. The molecule has 1 amide bonds. The summed E-state index contributed by atoms with van der Waals surface area (Å²) in [5.41, 5.74) is 2.67. The first-order valence-electron chi connectivity index (χ1n) is 8.41. The number of methoxy groups -OCH3 is 2. The Labute approximate surface area is 161 Å². The van der Waals surface area contributed by atoms with Crippen LogP contribution in [0.2, 0.25) is 5.02 Å². The topological polar surface area (TPSA) is 63.3 Å². The Morgan fingerprint density at radius 2 is 1.93 bits per heavy atom. The number of halogens is 2. The molecule has 0 bridgehead atoms. The van der Waals surface area contributed by atoms with E-state index in [2.05, 4.69) is 10.3 Å². The van der Waals surface area contributed by atoms with E-state index in [-0.39, 0.29) is 10.9 Å². The second-order valence-electron chi connectivity index (χ2n) is 6.09. The lowest BCUT2D eigenvalue weighted by Gasteiger charge is -2.10. The molecule has 2 N–H and O–H groups in total. The Balaban J connectivity index is 1.72. The number of aromatic nitrogens is 1. The maximum Gasteiger partial charge on any atom is 0.251 e. The van der Waals surface area contributed by atoms with Crippen LogP contribution in [0.5, 0.6) is 11.5 Å². The SMILES string of the molecule is COc1ccc(C(=O)NCCc2c(C)[nH]c3c(F)c(Cl)ccc23)cc1OC. The molecule has 1 aromatic heterocycles. The maximum atomic E-state index is 14.1. The van der Waals surface area contributed by atoms with Crippen LogP contribution in [0.4, 0.5) is 4.39 Å². The van der Waals surface area contributed by atoms with Crippen LogP contribution in [0, 0.1) is 12.7 Å². The second-order valence-corrected chi connectivity index (χ2v) is 6.50. The average molecular weight is 391 g/mol. The van der Waals surface area contributed by atoms with Crippen LogP contribution in [-0.2, 0) is 6.42 Å². The van der Waals surface area contributed by atoms with Crippen molar-refractivity contribution < 1.29 is 18.7 Å². The normalized spacial score (nSPS) is 10.9. The van der Waals surface area contributed by atoms with E-state index in [1.54, 1.807) is 24.3 Å². The van der Waals surface area contributed by atoms with E-state index in [4.69, 9.17) is 21.1 Å². The Bertz CT molecular complexity index is 1000. The van der Waals surface area contributed by atoms with Crippen molar-refractivity contribution in [3.8, 4) is 11.5 Å². The van der Waals surface area contributed by atoms with Crippen molar-refractivity contribution in [3.63, 3.8) is 0 Å². The highest BCUT2D eigenvalue weighted by molar-refractivity contribution is 6.31. The molecule has 5 nitrogen and oxygen atoms in total. The predicted molar refractivity (Wildman–Crippen MR) is 104 cm³/mol. The minimum absolute atomic E-state index is 0.0806. The minimum atomic E-state index is -0.460. The van der Waals surface area contributed by atoms with Crippen LogP contribution in [-0.4, -0.2) is 31.7 Å². The molecule has 2 aromatic carbocycles. The molecule has 1 heterocycles. The van der Waals surface area contributed by atoms with Gasteiger partial charge in [-0.15, -0.1) is 0 Å². The summed E-state index contributed by atoms with van der Waals surface area (Å²) in [6, 6.07) is 8.31. The molecule has 0 aliphatic rings. The van der Waals surface area contributed by atoms with Gasteiger partial charge in [0.05, 0.1) is 24.8 Å². The van der Waals surface area contributed by atoms with Crippen LogP contribution < -0.4 is 14.8 Å². The highest BCUT2D eigenvalue weighted by Crippen LogP contribution is 2.29. The van der Waals surface area contributed by atoms with Crippen molar-refractivity contribution in [3.05, 3.63) is 58.0 Å². The number of carbonyl (C=O) groups excluding carboxylic acids is 1. The zero-order valence-electron chi connectivity index (χ0n) is 15.3. The molecule has 0 spiro atoms. The summed E-state index contributed by atoms with van der Waals surface area (Å²) in [6.45, 7) is 2.28. The van der Waals surface area contributed by atoms with Crippen molar-refractivity contribution in [2.75, 3.05) is 20.8 Å². The van der Waals surface area contributed by atoms with Crippen molar-refractivity contribution in [2.24, 2.45) is 0 Å². The first-order valence-corrected chi connectivity index (χ1v) is 8.79. The molecular weight excluding hydrogens is 371 g/mol. The first kappa shape index (κ1) is 19.0. The molecular formula is C20H20ClFN2O3. The third-order valence-corrected chi connectivity index (χ3v) is 4.78. The number of aryl methyl sites for hydroxylation is 1. The van der Waals surface area contributed by atoms with Crippen molar-refractivity contribution >= 4 is 28.4 Å². The Hall–Kier alpha value is -2.73. The number of benzene rings is 2. The smallest absolute Gasteiger partial charge is 0.251 e. The van der Waals surface area contributed by atoms with Crippen molar-refractivity contribution in [2.45, 2.75) is 13.3 Å². The number of aromatic amines is 1. The predicted octanol–water partition coefficient (Wildman–Crippen LogP) is 4.26. The molecule has 0 aliphatic heterocycles. The van der Waals surface area contributed by atoms with E-state index >= 15 is 0 Å². The van der Waals surface area contributed by atoms with Gasteiger partial charge in [0.15, 0.2) is 17.3 Å². The summed E-state index contributed by atoms with van der Waals surface area (Å²) in [6.07, 6.45) is 0.561. The quantitative estimate of drug-likeness (QED) is 0.661. The molecule has 0 aliphatic carbocycles. The molecule has 0 atom stereocenters. The second kappa shape index (κ2) is 7.88. The van der Waals surface area contributed by atoms with Gasteiger partial charge in [0, 0.05) is 23.2 Å². The van der Waals surface area contributed by atoms with Gasteiger partial charge >= 0.3 is 0 Å². The number of hydrogen-bond acceptors (Lipinski definition) is 3. The van der Waals surface area contributed by atoms with Crippen molar-refractivity contribution in [1.29, 1.82) is 0 Å². The van der Waals surface area contributed by atoms with Gasteiger partial charge in [0.1, 0.15) is 0 Å². The molecule has 7 heteroatoms.